The molecule has 1 atom stereocenters. The van der Waals surface area contributed by atoms with Crippen LogP contribution in [0, 0.1) is 0 Å². The van der Waals surface area contributed by atoms with Crippen molar-refractivity contribution in [2.45, 2.75) is 45.6 Å². The predicted octanol–water partition coefficient (Wildman–Crippen LogP) is 4.45. The molecule has 0 bridgehead atoms. The van der Waals surface area contributed by atoms with Crippen molar-refractivity contribution in [1.29, 1.82) is 0 Å². The average molecular weight is 418 g/mol. The quantitative estimate of drug-likeness (QED) is 0.723. The van der Waals surface area contributed by atoms with Crippen molar-refractivity contribution >= 4 is 40.0 Å². The van der Waals surface area contributed by atoms with Crippen LogP contribution in [0.1, 0.15) is 38.7 Å². The molecule has 0 spiro atoms. The molecule has 1 aliphatic rings. The second-order valence-corrected chi connectivity index (χ2v) is 8.90. The summed E-state index contributed by atoms with van der Waals surface area (Å²) in [7, 11) is 0. The van der Waals surface area contributed by atoms with Crippen molar-refractivity contribution in [2.75, 3.05) is 23.4 Å². The average Bonchev–Trinajstić information content (AvgIpc) is 3.16. The standard InChI is InChI=1S/C21H27N3O2S2/c1-3-16-7-9-17(10-8-16)18-12-28-21(22-18)23-19(25)13-27-14-20(26)24-11-5-4-6-15(24)2/h7-10,12,15H,3-6,11,13-14H2,1-2H3,(H,22,23,25)/t15-/m1/s1. The van der Waals surface area contributed by atoms with Crippen LogP contribution in [0.2, 0.25) is 0 Å². The highest BCUT2D eigenvalue weighted by atomic mass is 32.2. The van der Waals surface area contributed by atoms with Crippen molar-refractivity contribution in [2.24, 2.45) is 0 Å². The van der Waals surface area contributed by atoms with E-state index in [1.165, 1.54) is 35.1 Å². The smallest absolute Gasteiger partial charge is 0.236 e. The van der Waals surface area contributed by atoms with Crippen molar-refractivity contribution < 1.29 is 9.59 Å². The normalized spacial score (nSPS) is 16.8. The monoisotopic (exact) mass is 417 g/mol. The van der Waals surface area contributed by atoms with Crippen LogP contribution in [0.5, 0.6) is 0 Å². The van der Waals surface area contributed by atoms with Crippen LogP contribution in [0.4, 0.5) is 5.13 Å². The van der Waals surface area contributed by atoms with E-state index in [1.54, 1.807) is 0 Å². The van der Waals surface area contributed by atoms with Crippen LogP contribution >= 0.6 is 23.1 Å². The van der Waals surface area contributed by atoms with Crippen molar-refractivity contribution in [3.05, 3.63) is 35.2 Å². The van der Waals surface area contributed by atoms with Crippen LogP contribution in [0.25, 0.3) is 11.3 Å². The maximum atomic E-state index is 12.3. The number of anilines is 1. The summed E-state index contributed by atoms with van der Waals surface area (Å²) in [6, 6.07) is 8.63. The van der Waals surface area contributed by atoms with Gasteiger partial charge in [-0.2, -0.15) is 0 Å². The molecule has 1 N–H and O–H groups in total. The molecule has 1 fully saturated rings. The Bertz CT molecular complexity index is 804. The zero-order valence-electron chi connectivity index (χ0n) is 16.4. The number of aryl methyl sites for hydroxylation is 1. The lowest BCUT2D eigenvalue weighted by atomic mass is 10.0. The minimum absolute atomic E-state index is 0.119. The van der Waals surface area contributed by atoms with Gasteiger partial charge in [0.2, 0.25) is 11.8 Å². The molecule has 0 unspecified atom stereocenters. The number of benzene rings is 1. The van der Waals surface area contributed by atoms with Gasteiger partial charge < -0.3 is 10.2 Å². The molecule has 1 aliphatic heterocycles. The number of hydrogen-bond acceptors (Lipinski definition) is 5. The number of piperidine rings is 1. The second kappa shape index (κ2) is 10.1. The van der Waals surface area contributed by atoms with E-state index in [2.05, 4.69) is 48.4 Å². The first-order valence-corrected chi connectivity index (χ1v) is 11.8. The summed E-state index contributed by atoms with van der Waals surface area (Å²) in [6.07, 6.45) is 4.35. The lowest BCUT2D eigenvalue weighted by Crippen LogP contribution is -2.43. The number of likely N-dealkylation sites (tertiary alicyclic amines) is 1. The Morgan fingerprint density at radius 3 is 2.75 bits per heavy atom. The van der Waals surface area contributed by atoms with Crippen molar-refractivity contribution in [3.63, 3.8) is 0 Å². The summed E-state index contributed by atoms with van der Waals surface area (Å²) in [5, 5.41) is 5.38. The van der Waals surface area contributed by atoms with Crippen LogP contribution in [0.15, 0.2) is 29.6 Å². The highest BCUT2D eigenvalue weighted by molar-refractivity contribution is 8.00. The Kier molecular flexibility index (Phi) is 7.50. The largest absolute Gasteiger partial charge is 0.339 e. The second-order valence-electron chi connectivity index (χ2n) is 7.06. The summed E-state index contributed by atoms with van der Waals surface area (Å²) in [6.45, 7) is 5.07. The van der Waals surface area contributed by atoms with Crippen molar-refractivity contribution in [3.8, 4) is 11.3 Å². The zero-order valence-corrected chi connectivity index (χ0v) is 18.1. The summed E-state index contributed by atoms with van der Waals surface area (Å²) < 4.78 is 0. The molecule has 0 aliphatic carbocycles. The molecule has 2 aromatic rings. The van der Waals surface area contributed by atoms with Gasteiger partial charge >= 0.3 is 0 Å². The molecule has 3 rings (SSSR count). The van der Waals surface area contributed by atoms with E-state index in [-0.39, 0.29) is 17.6 Å². The lowest BCUT2D eigenvalue weighted by Gasteiger charge is -2.33. The van der Waals surface area contributed by atoms with E-state index in [1.807, 2.05) is 10.3 Å². The van der Waals surface area contributed by atoms with E-state index in [9.17, 15) is 9.59 Å². The molecule has 1 aromatic heterocycles. The molecule has 0 saturated carbocycles. The Labute approximate surface area is 174 Å². The van der Waals surface area contributed by atoms with Gasteiger partial charge in [-0.1, -0.05) is 31.2 Å². The number of rotatable bonds is 7. The fraction of sp³-hybridized carbons (Fsp3) is 0.476. The molecule has 1 aromatic carbocycles. The number of aromatic nitrogens is 1. The van der Waals surface area contributed by atoms with E-state index in [4.69, 9.17) is 0 Å². The third-order valence-corrected chi connectivity index (χ3v) is 6.67. The maximum Gasteiger partial charge on any atom is 0.236 e. The third-order valence-electron chi connectivity index (χ3n) is 4.99. The Hall–Kier alpha value is -1.86. The van der Waals surface area contributed by atoms with Gasteiger partial charge in [0.05, 0.1) is 17.2 Å². The molecular formula is C21H27N3O2S2. The molecule has 1 saturated heterocycles. The summed E-state index contributed by atoms with van der Waals surface area (Å²) in [4.78, 5) is 30.9. The van der Waals surface area contributed by atoms with E-state index in [0.717, 1.165) is 37.1 Å². The maximum absolute atomic E-state index is 12.3. The van der Waals surface area contributed by atoms with Gasteiger partial charge in [0.15, 0.2) is 5.13 Å². The topological polar surface area (TPSA) is 62.3 Å². The number of carbonyl (C=O) groups is 2. The molecule has 2 amide bonds. The van der Waals surface area contributed by atoms with E-state index >= 15 is 0 Å². The van der Waals surface area contributed by atoms with Gasteiger partial charge in [-0.15, -0.1) is 23.1 Å². The number of amides is 2. The molecule has 2 heterocycles. The van der Waals surface area contributed by atoms with Gasteiger partial charge in [-0.05, 0) is 38.2 Å². The zero-order chi connectivity index (χ0) is 19.9. The molecule has 28 heavy (non-hydrogen) atoms. The minimum Gasteiger partial charge on any atom is -0.339 e. The van der Waals surface area contributed by atoms with Gasteiger partial charge in [-0.25, -0.2) is 4.98 Å². The summed E-state index contributed by atoms with van der Waals surface area (Å²) in [5.41, 5.74) is 3.20. The number of thiazole rings is 1. The Morgan fingerprint density at radius 2 is 2.04 bits per heavy atom. The molecular weight excluding hydrogens is 390 g/mol. The molecule has 0 radical (unpaired) electrons. The Balaban J connectivity index is 1.44. The fourth-order valence-corrected chi connectivity index (χ4v) is 4.75. The lowest BCUT2D eigenvalue weighted by molar-refractivity contribution is -0.131. The van der Waals surface area contributed by atoms with Gasteiger partial charge in [0.25, 0.3) is 0 Å². The highest BCUT2D eigenvalue weighted by Crippen LogP contribution is 2.25. The molecule has 150 valence electrons. The first-order valence-electron chi connectivity index (χ1n) is 9.78. The molecule has 5 nitrogen and oxygen atoms in total. The predicted molar refractivity (Wildman–Crippen MR) is 118 cm³/mol. The first-order chi connectivity index (χ1) is 13.6. The molecule has 7 heteroatoms. The number of nitrogens with one attached hydrogen (secondary N) is 1. The number of carbonyl (C=O) groups excluding carboxylic acids is 2. The van der Waals surface area contributed by atoms with Crippen LogP contribution < -0.4 is 5.32 Å². The summed E-state index contributed by atoms with van der Waals surface area (Å²) in [5.74, 6) is 0.627. The van der Waals surface area contributed by atoms with Gasteiger partial charge in [-0.3, -0.25) is 9.59 Å². The fourth-order valence-electron chi connectivity index (χ4n) is 3.31. The van der Waals surface area contributed by atoms with E-state index in [0.29, 0.717) is 16.9 Å². The summed E-state index contributed by atoms with van der Waals surface area (Å²) >= 11 is 2.78. The first kappa shape index (κ1) is 20.9. The SMILES string of the molecule is CCc1ccc(-c2csc(NC(=O)CSCC(=O)N3CCCC[C@H]3C)n2)cc1. The number of thioether (sulfide) groups is 1. The van der Waals surface area contributed by atoms with Crippen LogP contribution in [-0.2, 0) is 16.0 Å². The minimum atomic E-state index is -0.119. The number of hydrogen-bond donors (Lipinski definition) is 1. The van der Waals surface area contributed by atoms with Gasteiger partial charge in [0, 0.05) is 23.5 Å². The van der Waals surface area contributed by atoms with Crippen molar-refractivity contribution in [1.82, 2.24) is 9.88 Å². The van der Waals surface area contributed by atoms with Crippen LogP contribution in [0.3, 0.4) is 0 Å². The van der Waals surface area contributed by atoms with Crippen LogP contribution in [-0.4, -0.2) is 45.8 Å². The van der Waals surface area contributed by atoms with E-state index < -0.39 is 0 Å². The van der Waals surface area contributed by atoms with Gasteiger partial charge in [0.1, 0.15) is 0 Å². The highest BCUT2D eigenvalue weighted by Gasteiger charge is 2.23. The third kappa shape index (κ3) is 5.58. The number of nitrogens with zero attached hydrogens (tertiary/aromatic N) is 2. The Morgan fingerprint density at radius 1 is 1.25 bits per heavy atom.